The lowest BCUT2D eigenvalue weighted by Gasteiger charge is -2.22. The zero-order valence-corrected chi connectivity index (χ0v) is 13.0. The maximum atomic E-state index is 6.06. The molecule has 1 heterocycles. The average molecular weight is 311 g/mol. The predicted molar refractivity (Wildman–Crippen MR) is 88.6 cm³/mol. The van der Waals surface area contributed by atoms with Gasteiger partial charge in [-0.1, -0.05) is 29.9 Å². The van der Waals surface area contributed by atoms with Gasteiger partial charge in [-0.3, -0.25) is 0 Å². The van der Waals surface area contributed by atoms with E-state index in [1.165, 1.54) is 4.88 Å². The first-order valence-electron chi connectivity index (χ1n) is 5.91. The third kappa shape index (κ3) is 3.69. The highest BCUT2D eigenvalue weighted by atomic mass is 35.5. The van der Waals surface area contributed by atoms with Crippen LogP contribution in [0.2, 0.25) is 5.02 Å². The van der Waals surface area contributed by atoms with Gasteiger partial charge < -0.3 is 10.6 Å². The number of rotatable bonds is 5. The summed E-state index contributed by atoms with van der Waals surface area (Å²) in [6.07, 6.45) is 0.997. The van der Waals surface area contributed by atoms with Crippen LogP contribution in [-0.4, -0.2) is 18.6 Å². The van der Waals surface area contributed by atoms with Gasteiger partial charge in [0.25, 0.3) is 0 Å². The van der Waals surface area contributed by atoms with E-state index in [2.05, 4.69) is 22.4 Å². The molecule has 0 aliphatic heterocycles. The number of hydrogen-bond donors (Lipinski definition) is 1. The van der Waals surface area contributed by atoms with Gasteiger partial charge in [0.05, 0.1) is 0 Å². The zero-order chi connectivity index (χ0) is 13.8. The number of thiophene rings is 1. The van der Waals surface area contributed by atoms with Crippen LogP contribution in [-0.2, 0) is 6.42 Å². The van der Waals surface area contributed by atoms with Gasteiger partial charge in [-0.15, -0.1) is 11.3 Å². The Kier molecular flexibility index (Phi) is 4.80. The van der Waals surface area contributed by atoms with Crippen LogP contribution < -0.4 is 10.6 Å². The maximum absolute atomic E-state index is 6.06. The first kappa shape index (κ1) is 14.3. The normalized spacial score (nSPS) is 10.4. The summed E-state index contributed by atoms with van der Waals surface area (Å²) in [5, 5.41) is 2.78. The Morgan fingerprint density at radius 2 is 2.21 bits per heavy atom. The van der Waals surface area contributed by atoms with E-state index in [1.54, 1.807) is 11.3 Å². The lowest BCUT2D eigenvalue weighted by atomic mass is 10.1. The number of benzene rings is 1. The van der Waals surface area contributed by atoms with Crippen molar-refractivity contribution in [3.63, 3.8) is 0 Å². The van der Waals surface area contributed by atoms with Crippen LogP contribution in [0.1, 0.15) is 10.4 Å². The molecule has 0 amide bonds. The quantitative estimate of drug-likeness (QED) is 0.854. The van der Waals surface area contributed by atoms with E-state index in [1.807, 2.05) is 25.2 Å². The van der Waals surface area contributed by atoms with Crippen molar-refractivity contribution in [3.8, 4) is 0 Å². The summed E-state index contributed by atoms with van der Waals surface area (Å²) in [6.45, 7) is 0.899. The van der Waals surface area contributed by atoms with E-state index in [9.17, 15) is 0 Å². The van der Waals surface area contributed by atoms with E-state index in [0.29, 0.717) is 10.0 Å². The van der Waals surface area contributed by atoms with Gasteiger partial charge in [0.15, 0.2) is 0 Å². The molecule has 0 spiro atoms. The van der Waals surface area contributed by atoms with E-state index >= 15 is 0 Å². The highest BCUT2D eigenvalue weighted by Gasteiger charge is 2.10. The van der Waals surface area contributed by atoms with E-state index in [-0.39, 0.29) is 0 Å². The molecule has 0 saturated carbocycles. The van der Waals surface area contributed by atoms with Crippen molar-refractivity contribution < 1.29 is 0 Å². The second-order valence-electron chi connectivity index (χ2n) is 4.28. The molecule has 0 radical (unpaired) electrons. The molecule has 0 aliphatic rings. The largest absolute Gasteiger partial charge is 0.389 e. The number of thiocarbonyl (C=S) groups is 1. The number of nitrogens with two attached hydrogens (primary N) is 1. The van der Waals surface area contributed by atoms with E-state index in [0.717, 1.165) is 24.2 Å². The van der Waals surface area contributed by atoms with Gasteiger partial charge in [-0.25, -0.2) is 0 Å². The summed E-state index contributed by atoms with van der Waals surface area (Å²) >= 11 is 12.9. The van der Waals surface area contributed by atoms with Crippen molar-refractivity contribution in [2.24, 2.45) is 5.73 Å². The smallest absolute Gasteiger partial charge is 0.106 e. The Balaban J connectivity index is 2.15. The molecule has 0 atom stereocenters. The highest BCUT2D eigenvalue weighted by Crippen LogP contribution is 2.24. The molecule has 0 saturated heterocycles. The zero-order valence-electron chi connectivity index (χ0n) is 10.6. The minimum absolute atomic E-state index is 0.398. The van der Waals surface area contributed by atoms with Crippen molar-refractivity contribution >= 4 is 45.8 Å². The molecule has 100 valence electrons. The minimum Gasteiger partial charge on any atom is -0.389 e. The Morgan fingerprint density at radius 1 is 1.42 bits per heavy atom. The van der Waals surface area contributed by atoms with Gasteiger partial charge in [0.2, 0.25) is 0 Å². The highest BCUT2D eigenvalue weighted by molar-refractivity contribution is 7.80. The van der Waals surface area contributed by atoms with E-state index in [4.69, 9.17) is 29.6 Å². The fraction of sp³-hybridized carbons (Fsp3) is 0.214. The topological polar surface area (TPSA) is 29.3 Å². The van der Waals surface area contributed by atoms with Crippen molar-refractivity contribution in [1.82, 2.24) is 0 Å². The first-order chi connectivity index (χ1) is 9.08. The lowest BCUT2D eigenvalue weighted by molar-refractivity contribution is 0.886. The standard InChI is InChI=1S/C14H15ClN2S2/c1-17(7-6-11-3-2-8-19-11)13-9-10(15)4-5-12(13)14(16)18/h2-5,8-9H,6-7H2,1H3,(H2,16,18). The van der Waals surface area contributed by atoms with E-state index < -0.39 is 0 Å². The lowest BCUT2D eigenvalue weighted by Crippen LogP contribution is -2.24. The van der Waals surface area contributed by atoms with Crippen molar-refractivity contribution in [1.29, 1.82) is 0 Å². The van der Waals surface area contributed by atoms with Crippen LogP contribution in [0.25, 0.3) is 0 Å². The molecular formula is C14H15ClN2S2. The fourth-order valence-corrected chi connectivity index (χ4v) is 2.92. The molecule has 0 aliphatic carbocycles. The summed E-state index contributed by atoms with van der Waals surface area (Å²) < 4.78 is 0. The summed E-state index contributed by atoms with van der Waals surface area (Å²) in [6, 6.07) is 9.81. The van der Waals surface area contributed by atoms with Gasteiger partial charge in [-0.2, -0.15) is 0 Å². The molecule has 0 bridgehead atoms. The number of nitrogens with zero attached hydrogens (tertiary/aromatic N) is 1. The molecule has 5 heteroatoms. The SMILES string of the molecule is CN(CCc1cccs1)c1cc(Cl)ccc1C(N)=S. The van der Waals surface area contributed by atoms with Crippen molar-refractivity contribution in [3.05, 3.63) is 51.2 Å². The second-order valence-corrected chi connectivity index (χ2v) is 6.19. The predicted octanol–water partition coefficient (Wildman–Crippen LogP) is 3.71. The third-order valence-electron chi connectivity index (χ3n) is 2.91. The Hall–Kier alpha value is -1.10. The van der Waals surface area contributed by atoms with Crippen LogP contribution in [0.5, 0.6) is 0 Å². The van der Waals surface area contributed by atoms with Gasteiger partial charge in [0, 0.05) is 34.7 Å². The van der Waals surface area contributed by atoms with Crippen LogP contribution in [0.4, 0.5) is 5.69 Å². The summed E-state index contributed by atoms with van der Waals surface area (Å²) in [7, 11) is 2.03. The average Bonchev–Trinajstić information content (AvgIpc) is 2.88. The molecular weight excluding hydrogens is 296 g/mol. The molecule has 0 unspecified atom stereocenters. The molecule has 2 aromatic rings. The second kappa shape index (κ2) is 6.37. The van der Waals surface area contributed by atoms with Crippen LogP contribution in [0.3, 0.4) is 0 Å². The fourth-order valence-electron chi connectivity index (χ4n) is 1.88. The number of halogens is 1. The Labute approximate surface area is 127 Å². The molecule has 1 aromatic heterocycles. The first-order valence-corrected chi connectivity index (χ1v) is 7.57. The number of hydrogen-bond acceptors (Lipinski definition) is 3. The van der Waals surface area contributed by atoms with Crippen molar-refractivity contribution in [2.45, 2.75) is 6.42 Å². The summed E-state index contributed by atoms with van der Waals surface area (Å²) in [4.78, 5) is 3.90. The molecule has 19 heavy (non-hydrogen) atoms. The van der Waals surface area contributed by atoms with Crippen LogP contribution >= 0.6 is 35.2 Å². The van der Waals surface area contributed by atoms with Gasteiger partial charge in [0.1, 0.15) is 4.99 Å². The molecule has 0 fully saturated rings. The van der Waals surface area contributed by atoms with Crippen molar-refractivity contribution in [2.75, 3.05) is 18.5 Å². The molecule has 1 aromatic carbocycles. The summed E-state index contributed by atoms with van der Waals surface area (Å²) in [5.41, 5.74) is 7.61. The van der Waals surface area contributed by atoms with Gasteiger partial charge in [-0.05, 0) is 36.1 Å². The monoisotopic (exact) mass is 310 g/mol. The Bertz CT molecular complexity index is 567. The van der Waals surface area contributed by atoms with Gasteiger partial charge >= 0.3 is 0 Å². The van der Waals surface area contributed by atoms with Crippen LogP contribution in [0, 0.1) is 0 Å². The maximum Gasteiger partial charge on any atom is 0.106 e. The molecule has 2 rings (SSSR count). The third-order valence-corrected chi connectivity index (χ3v) is 4.30. The molecule has 2 N–H and O–H groups in total. The molecule has 2 nitrogen and oxygen atoms in total. The number of likely N-dealkylation sites (N-methyl/N-ethyl adjacent to an activating group) is 1. The summed E-state index contributed by atoms with van der Waals surface area (Å²) in [5.74, 6) is 0. The van der Waals surface area contributed by atoms with Crippen LogP contribution in [0.15, 0.2) is 35.7 Å². The Morgan fingerprint density at radius 3 is 2.84 bits per heavy atom. The number of anilines is 1. The minimum atomic E-state index is 0.398.